The van der Waals surface area contributed by atoms with Crippen LogP contribution in [0.15, 0.2) is 34.1 Å². The van der Waals surface area contributed by atoms with Gasteiger partial charge in [0.2, 0.25) is 0 Å². The molecule has 2 rings (SSSR count). The van der Waals surface area contributed by atoms with Gasteiger partial charge in [0, 0.05) is 9.79 Å². The summed E-state index contributed by atoms with van der Waals surface area (Å²) in [5, 5.41) is 0. The van der Waals surface area contributed by atoms with Crippen LogP contribution in [0.25, 0.3) is 0 Å². The van der Waals surface area contributed by atoms with Gasteiger partial charge in [0.1, 0.15) is 0 Å². The molecule has 0 fully saturated rings. The van der Waals surface area contributed by atoms with Crippen molar-refractivity contribution in [1.29, 1.82) is 0 Å². The molecule has 0 aliphatic heterocycles. The second-order valence-electron chi connectivity index (χ2n) is 11.0. The molecule has 2 aromatic rings. The number of halogens is 18. The molecule has 0 amide bonds. The van der Waals surface area contributed by atoms with Crippen LogP contribution >= 0.6 is 230 Å². The van der Waals surface area contributed by atoms with E-state index in [1.807, 2.05) is 0 Å². The molecule has 0 N–H and O–H groups in total. The van der Waals surface area contributed by atoms with Crippen LogP contribution < -0.4 is 0 Å². The molecule has 18 nitrogen and oxygen atoms in total. The molecular weight excluding hydrogens is 1350 g/mol. The summed E-state index contributed by atoms with van der Waals surface area (Å²) in [7, 11) is -0.242. The van der Waals surface area contributed by atoms with Crippen LogP contribution in [0.3, 0.4) is 0 Å². The number of esters is 12. The van der Waals surface area contributed by atoms with E-state index in [0.29, 0.717) is 24.3 Å². The Hall–Kier alpha value is -0.800. The van der Waals surface area contributed by atoms with Gasteiger partial charge in [0.25, 0.3) is 22.8 Å². The molecule has 0 heterocycles. The zero-order chi connectivity index (χ0) is 53.0. The zero-order valence-electron chi connectivity index (χ0n) is 30.3. The van der Waals surface area contributed by atoms with Gasteiger partial charge >= 0.3 is 71.6 Å². The highest BCUT2D eigenvalue weighted by Crippen LogP contribution is 2.46. The Morgan fingerprint density at radius 1 is 0.279 bits per heavy atom. The van der Waals surface area contributed by atoms with E-state index in [0.717, 1.165) is 0 Å². The lowest BCUT2D eigenvalue weighted by Gasteiger charge is -2.19. The smallest absolute Gasteiger partial charge is 0.366 e. The van der Waals surface area contributed by atoms with Crippen LogP contribution in [0.4, 0.5) is 0 Å². The lowest BCUT2D eigenvalue weighted by atomic mass is 10.0. The molecule has 0 aliphatic rings. The predicted octanol–water partition coefficient (Wildman–Crippen LogP) is 10.8. The maximum atomic E-state index is 13.7. The van der Waals surface area contributed by atoms with Gasteiger partial charge in [-0.15, -0.1) is 0 Å². The molecule has 0 saturated heterocycles. The zero-order valence-corrected chi connectivity index (χ0v) is 45.5. The van der Waals surface area contributed by atoms with Gasteiger partial charge in [-0.2, -0.15) is 0 Å². The third-order valence-corrected chi connectivity index (χ3v) is 11.6. The normalized spacial score (nSPS) is 12.2. The van der Waals surface area contributed by atoms with Crippen LogP contribution in [-0.4, -0.2) is 94.4 Å². The second kappa shape index (κ2) is 24.5. The van der Waals surface area contributed by atoms with E-state index >= 15 is 0 Å². The van der Waals surface area contributed by atoms with Crippen LogP contribution in [0.1, 0.15) is 62.1 Å². The first-order valence-corrected chi connectivity index (χ1v) is 24.1. The van der Waals surface area contributed by atoms with Crippen LogP contribution in [0.2, 0.25) is 0 Å². The number of hydrogen-bond donors (Lipinski definition) is 0. The van der Waals surface area contributed by atoms with E-state index < -0.39 is 138 Å². The standard InChI is InChI=1S/C30H4Cl18O18S2/c31-25(32,33)19(55)61-13(49)5-1-7(15(51)63-21(57)27(37,38)39)11(8(2-5)16(52)64-22(58)28(40,41)42)67-68-12-9(17(53)65-23(59)29(43,44)45)3-6(14(50)62-20(56)26(34,35)36)4-10(12)18(54)66-24(60)30(46,47)48/h1-4H. The number of rotatable bonds is 9. The van der Waals surface area contributed by atoms with Crippen molar-refractivity contribution >= 4 is 302 Å². The second-order valence-corrected chi connectivity index (χ2v) is 26.9. The molecule has 370 valence electrons. The van der Waals surface area contributed by atoms with Gasteiger partial charge < -0.3 is 28.4 Å². The molecule has 0 spiro atoms. The van der Waals surface area contributed by atoms with Gasteiger partial charge in [-0.3, -0.25) is 0 Å². The molecule has 0 aliphatic carbocycles. The number of carbonyl (C=O) groups excluding carboxylic acids is 12. The van der Waals surface area contributed by atoms with E-state index in [1.165, 1.54) is 0 Å². The highest BCUT2D eigenvalue weighted by Gasteiger charge is 2.42. The summed E-state index contributed by atoms with van der Waals surface area (Å²) in [5.74, 6) is -23.7. The minimum atomic E-state index is -3.06. The Balaban J connectivity index is 3.25. The maximum absolute atomic E-state index is 13.7. The fourth-order valence-electron chi connectivity index (χ4n) is 3.55. The quantitative estimate of drug-likeness (QED) is 0.0743. The highest BCUT2D eigenvalue weighted by atomic mass is 35.6. The Kier molecular flexibility index (Phi) is 22.8. The number of hydrogen-bond acceptors (Lipinski definition) is 20. The van der Waals surface area contributed by atoms with E-state index in [2.05, 4.69) is 28.4 Å². The van der Waals surface area contributed by atoms with Crippen molar-refractivity contribution in [3.05, 3.63) is 57.6 Å². The van der Waals surface area contributed by atoms with E-state index in [9.17, 15) is 57.5 Å². The number of carbonyl (C=O) groups is 12. The number of ether oxygens (including phenoxy) is 6. The van der Waals surface area contributed by atoms with Crippen LogP contribution in [0, 0.1) is 0 Å². The Morgan fingerprint density at radius 2 is 0.426 bits per heavy atom. The molecule has 0 unspecified atom stereocenters. The maximum Gasteiger partial charge on any atom is 0.366 e. The van der Waals surface area contributed by atoms with E-state index in [-0.39, 0.29) is 21.6 Å². The summed E-state index contributed by atoms with van der Waals surface area (Å²) in [6.45, 7) is 0. The van der Waals surface area contributed by atoms with Gasteiger partial charge in [0.05, 0.1) is 33.4 Å². The van der Waals surface area contributed by atoms with Crippen molar-refractivity contribution in [3.63, 3.8) is 0 Å². The van der Waals surface area contributed by atoms with Crippen molar-refractivity contribution < 1.29 is 86.0 Å². The first-order valence-electron chi connectivity index (χ1n) is 15.2. The van der Waals surface area contributed by atoms with Crippen molar-refractivity contribution in [3.8, 4) is 0 Å². The fraction of sp³-hybridized carbons (Fsp3) is 0.200. The van der Waals surface area contributed by atoms with Crippen molar-refractivity contribution in [2.75, 3.05) is 0 Å². The molecule has 0 saturated carbocycles. The van der Waals surface area contributed by atoms with Gasteiger partial charge in [-0.25, -0.2) is 57.5 Å². The summed E-state index contributed by atoms with van der Waals surface area (Å²) in [6, 6.07) is 1.40. The summed E-state index contributed by atoms with van der Waals surface area (Å²) in [5.41, 5.74) is -7.34. The Morgan fingerprint density at radius 3 is 0.574 bits per heavy atom. The van der Waals surface area contributed by atoms with Crippen molar-refractivity contribution in [1.82, 2.24) is 0 Å². The molecule has 38 heteroatoms. The molecular formula is C30H4Cl18O18S2. The molecule has 0 bridgehead atoms. The summed E-state index contributed by atoms with van der Waals surface area (Å²) in [6.07, 6.45) is 0. The van der Waals surface area contributed by atoms with E-state index in [1.54, 1.807) is 0 Å². The van der Waals surface area contributed by atoms with E-state index in [4.69, 9.17) is 209 Å². The minimum absolute atomic E-state index is 0.121. The molecule has 68 heavy (non-hydrogen) atoms. The number of alkyl halides is 18. The SMILES string of the molecule is O=C(OC(=O)C(Cl)(Cl)Cl)c1cc(C(=O)OC(=O)C(Cl)(Cl)Cl)c(SSc2c(C(=O)OC(=O)C(Cl)(Cl)Cl)cc(C(=O)OC(=O)C(Cl)(Cl)Cl)cc2C(=O)OC(=O)C(Cl)(Cl)Cl)c(C(=O)OC(=O)C(Cl)(Cl)Cl)c1. The molecule has 2 aromatic carbocycles. The van der Waals surface area contributed by atoms with Crippen molar-refractivity contribution in [2.45, 2.75) is 32.5 Å². The monoisotopic (exact) mass is 1350 g/mol. The molecule has 0 aromatic heterocycles. The average molecular weight is 1350 g/mol. The summed E-state index contributed by atoms with van der Waals surface area (Å²) in [4.78, 5) is 154. The van der Waals surface area contributed by atoms with Crippen LogP contribution in [0.5, 0.6) is 0 Å². The lowest BCUT2D eigenvalue weighted by Crippen LogP contribution is -2.28. The topological polar surface area (TPSA) is 260 Å². The predicted molar refractivity (Wildman–Crippen MR) is 249 cm³/mol. The summed E-state index contributed by atoms with van der Waals surface area (Å²) < 4.78 is 8.86. The van der Waals surface area contributed by atoms with Crippen molar-refractivity contribution in [2.24, 2.45) is 0 Å². The Labute approximate surface area is 473 Å². The fourth-order valence-corrected chi connectivity index (χ4v) is 6.92. The minimum Gasteiger partial charge on any atom is -0.386 e. The molecule has 0 atom stereocenters. The van der Waals surface area contributed by atoms with Gasteiger partial charge in [0.15, 0.2) is 0 Å². The Bertz CT molecular complexity index is 2220. The third kappa shape index (κ3) is 18.6. The first kappa shape index (κ1) is 63.3. The summed E-state index contributed by atoms with van der Waals surface area (Å²) >= 11 is 98.7. The lowest BCUT2D eigenvalue weighted by molar-refractivity contribution is -0.138. The molecule has 0 radical (unpaired) electrons. The number of benzene rings is 2. The largest absolute Gasteiger partial charge is 0.386 e. The van der Waals surface area contributed by atoms with Gasteiger partial charge in [-0.05, 0) is 24.3 Å². The van der Waals surface area contributed by atoms with Crippen LogP contribution in [-0.2, 0) is 57.2 Å². The van der Waals surface area contributed by atoms with Gasteiger partial charge in [-0.1, -0.05) is 230 Å². The highest BCUT2D eigenvalue weighted by molar-refractivity contribution is 8.76. The average Bonchev–Trinajstić information content (AvgIpc) is 3.16. The first-order chi connectivity index (χ1) is 30.5. The third-order valence-electron chi connectivity index (χ3n) is 6.24.